The fourth-order valence-corrected chi connectivity index (χ4v) is 3.39. The molecule has 0 aromatic rings. The third-order valence-electron chi connectivity index (χ3n) is 4.62. The molecule has 2 aliphatic rings. The Bertz CT molecular complexity index is 372. The van der Waals surface area contributed by atoms with Gasteiger partial charge in [-0.15, -0.1) is 0 Å². The summed E-state index contributed by atoms with van der Waals surface area (Å²) in [5.74, 6) is -0.969. The average Bonchev–Trinajstić information content (AvgIpc) is 2.87. The van der Waals surface area contributed by atoms with Gasteiger partial charge in [-0.3, -0.25) is 4.79 Å². The lowest BCUT2D eigenvalue weighted by Gasteiger charge is -2.31. The third kappa shape index (κ3) is 4.33. The lowest BCUT2D eigenvalue weighted by molar-refractivity contribution is -0.142. The molecule has 0 bridgehead atoms. The minimum absolute atomic E-state index is 0.0848. The van der Waals surface area contributed by atoms with Gasteiger partial charge in [-0.05, 0) is 38.5 Å². The van der Waals surface area contributed by atoms with Gasteiger partial charge in [0.25, 0.3) is 0 Å². The molecule has 1 atom stereocenters. The molecule has 1 saturated heterocycles. The van der Waals surface area contributed by atoms with Crippen molar-refractivity contribution in [1.29, 1.82) is 0 Å². The van der Waals surface area contributed by atoms with E-state index in [1.54, 1.807) is 0 Å². The summed E-state index contributed by atoms with van der Waals surface area (Å²) >= 11 is 0. The standard InChI is InChI=1S/C15H26N2O4/c1-2-7-15(8-9-21-10-15)17-14(20)16-12-5-3-11(4-6-12)13(18)19/h11-12H,2-10H2,1H3,(H,18,19)(H2,16,17,20). The number of carboxylic acids is 1. The molecule has 1 unspecified atom stereocenters. The quantitative estimate of drug-likeness (QED) is 0.723. The largest absolute Gasteiger partial charge is 0.481 e. The van der Waals surface area contributed by atoms with Crippen LogP contribution in [0.25, 0.3) is 0 Å². The van der Waals surface area contributed by atoms with Crippen molar-refractivity contribution in [2.45, 2.75) is 63.5 Å². The molecule has 0 radical (unpaired) electrons. The predicted molar refractivity (Wildman–Crippen MR) is 78.1 cm³/mol. The second-order valence-corrected chi connectivity index (χ2v) is 6.32. The maximum atomic E-state index is 12.2. The highest BCUT2D eigenvalue weighted by molar-refractivity contribution is 5.75. The van der Waals surface area contributed by atoms with E-state index in [-0.39, 0.29) is 23.5 Å². The lowest BCUT2D eigenvalue weighted by atomic mass is 9.86. The molecule has 0 spiro atoms. The number of amides is 2. The van der Waals surface area contributed by atoms with Gasteiger partial charge in [-0.2, -0.15) is 0 Å². The van der Waals surface area contributed by atoms with E-state index in [2.05, 4.69) is 17.6 Å². The van der Waals surface area contributed by atoms with Gasteiger partial charge in [-0.1, -0.05) is 13.3 Å². The maximum Gasteiger partial charge on any atom is 0.315 e. The van der Waals surface area contributed by atoms with Gasteiger partial charge in [0.05, 0.1) is 18.1 Å². The summed E-state index contributed by atoms with van der Waals surface area (Å²) in [6.45, 7) is 3.39. The van der Waals surface area contributed by atoms with E-state index in [0.717, 1.165) is 32.1 Å². The van der Waals surface area contributed by atoms with Crippen LogP contribution in [0, 0.1) is 5.92 Å². The molecular formula is C15H26N2O4. The van der Waals surface area contributed by atoms with E-state index in [9.17, 15) is 9.59 Å². The minimum atomic E-state index is -0.720. The lowest BCUT2D eigenvalue weighted by Crippen LogP contribution is -2.54. The second-order valence-electron chi connectivity index (χ2n) is 6.32. The second kappa shape index (κ2) is 7.11. The van der Waals surface area contributed by atoms with Crippen molar-refractivity contribution in [3.63, 3.8) is 0 Å². The van der Waals surface area contributed by atoms with Crippen molar-refractivity contribution in [3.8, 4) is 0 Å². The third-order valence-corrected chi connectivity index (χ3v) is 4.62. The summed E-state index contributed by atoms with van der Waals surface area (Å²) < 4.78 is 5.44. The Morgan fingerprint density at radius 2 is 2.00 bits per heavy atom. The molecule has 2 fully saturated rings. The van der Waals surface area contributed by atoms with E-state index < -0.39 is 5.97 Å². The fourth-order valence-electron chi connectivity index (χ4n) is 3.39. The molecule has 0 aromatic carbocycles. The van der Waals surface area contributed by atoms with E-state index in [1.807, 2.05) is 0 Å². The molecule has 6 heteroatoms. The molecule has 1 aliphatic carbocycles. The first kappa shape index (κ1) is 16.1. The number of carbonyl (C=O) groups excluding carboxylic acids is 1. The first-order valence-corrected chi connectivity index (χ1v) is 7.94. The van der Waals surface area contributed by atoms with Gasteiger partial charge < -0.3 is 20.5 Å². The average molecular weight is 298 g/mol. The van der Waals surface area contributed by atoms with Gasteiger partial charge in [0, 0.05) is 12.6 Å². The molecule has 1 saturated carbocycles. The number of nitrogens with one attached hydrogen (secondary N) is 2. The summed E-state index contributed by atoms with van der Waals surface area (Å²) in [4.78, 5) is 23.1. The maximum absolute atomic E-state index is 12.2. The molecule has 1 heterocycles. The van der Waals surface area contributed by atoms with Crippen LogP contribution in [0.3, 0.4) is 0 Å². The molecule has 1 aliphatic heterocycles. The topological polar surface area (TPSA) is 87.7 Å². The Morgan fingerprint density at radius 3 is 2.52 bits per heavy atom. The fraction of sp³-hybridized carbons (Fsp3) is 0.867. The first-order chi connectivity index (χ1) is 10.0. The SMILES string of the molecule is CCCC1(NC(=O)NC2CCC(C(=O)O)CC2)CCOC1. The van der Waals surface area contributed by atoms with Gasteiger partial charge in [0.1, 0.15) is 0 Å². The van der Waals surface area contributed by atoms with Gasteiger partial charge in [0.15, 0.2) is 0 Å². The number of rotatable bonds is 5. The molecule has 120 valence electrons. The Kier molecular flexibility index (Phi) is 5.45. The summed E-state index contributed by atoms with van der Waals surface area (Å²) in [5, 5.41) is 15.0. The molecule has 6 nitrogen and oxygen atoms in total. The number of hydrogen-bond acceptors (Lipinski definition) is 3. The molecule has 3 N–H and O–H groups in total. The zero-order chi connectivity index (χ0) is 15.3. The van der Waals surface area contributed by atoms with Crippen LogP contribution in [0.4, 0.5) is 4.79 Å². The molecule has 0 aromatic heterocycles. The molecule has 2 rings (SSSR count). The smallest absolute Gasteiger partial charge is 0.315 e. The van der Waals surface area contributed by atoms with Crippen LogP contribution < -0.4 is 10.6 Å². The molecule has 21 heavy (non-hydrogen) atoms. The Labute approximate surface area is 125 Å². The van der Waals surface area contributed by atoms with Crippen molar-refractivity contribution in [1.82, 2.24) is 10.6 Å². The first-order valence-electron chi connectivity index (χ1n) is 7.94. The number of urea groups is 1. The zero-order valence-corrected chi connectivity index (χ0v) is 12.7. The van der Waals surface area contributed by atoms with Crippen LogP contribution in [-0.2, 0) is 9.53 Å². The minimum Gasteiger partial charge on any atom is -0.481 e. The van der Waals surface area contributed by atoms with Crippen molar-refractivity contribution < 1.29 is 19.4 Å². The van der Waals surface area contributed by atoms with E-state index >= 15 is 0 Å². The number of carbonyl (C=O) groups is 2. The van der Waals surface area contributed by atoms with Crippen LogP contribution in [0.5, 0.6) is 0 Å². The van der Waals surface area contributed by atoms with E-state index in [4.69, 9.17) is 9.84 Å². The highest BCUT2D eigenvalue weighted by Crippen LogP contribution is 2.26. The summed E-state index contributed by atoms with van der Waals surface area (Å²) in [7, 11) is 0. The Balaban J connectivity index is 1.78. The summed E-state index contributed by atoms with van der Waals surface area (Å²) in [6, 6.07) is -0.0608. The van der Waals surface area contributed by atoms with Crippen molar-refractivity contribution in [2.75, 3.05) is 13.2 Å². The van der Waals surface area contributed by atoms with Gasteiger partial charge in [-0.25, -0.2) is 4.79 Å². The monoisotopic (exact) mass is 298 g/mol. The number of hydrogen-bond donors (Lipinski definition) is 3. The van der Waals surface area contributed by atoms with Crippen LogP contribution in [0.1, 0.15) is 51.9 Å². The van der Waals surface area contributed by atoms with Crippen molar-refractivity contribution in [2.24, 2.45) is 5.92 Å². The van der Waals surface area contributed by atoms with Crippen molar-refractivity contribution >= 4 is 12.0 Å². The van der Waals surface area contributed by atoms with E-state index in [0.29, 0.717) is 26.1 Å². The predicted octanol–water partition coefficient (Wildman–Crippen LogP) is 1.89. The summed E-state index contributed by atoms with van der Waals surface area (Å²) in [6.07, 6.45) is 5.55. The normalized spacial score (nSPS) is 32.6. The molecule has 2 amide bonds. The van der Waals surface area contributed by atoms with Crippen molar-refractivity contribution in [3.05, 3.63) is 0 Å². The highest BCUT2D eigenvalue weighted by Gasteiger charge is 2.36. The zero-order valence-electron chi connectivity index (χ0n) is 12.7. The van der Waals surface area contributed by atoms with Crippen LogP contribution in [0.2, 0.25) is 0 Å². The number of carboxylic acid groups (broad SMARTS) is 1. The van der Waals surface area contributed by atoms with Crippen LogP contribution in [-0.4, -0.2) is 41.9 Å². The Morgan fingerprint density at radius 1 is 1.29 bits per heavy atom. The van der Waals surface area contributed by atoms with Crippen LogP contribution in [0.15, 0.2) is 0 Å². The Hall–Kier alpha value is -1.30. The van der Waals surface area contributed by atoms with Crippen LogP contribution >= 0.6 is 0 Å². The number of aliphatic carboxylic acids is 1. The van der Waals surface area contributed by atoms with Gasteiger partial charge >= 0.3 is 12.0 Å². The summed E-state index contributed by atoms with van der Waals surface area (Å²) in [5.41, 5.74) is -0.225. The van der Waals surface area contributed by atoms with E-state index in [1.165, 1.54) is 0 Å². The van der Waals surface area contributed by atoms with Gasteiger partial charge in [0.2, 0.25) is 0 Å². The highest BCUT2D eigenvalue weighted by atomic mass is 16.5. The molecular weight excluding hydrogens is 272 g/mol. The number of ether oxygens (including phenoxy) is 1.